The molecule has 5 aromatic rings. The molecule has 0 saturated carbocycles. The van der Waals surface area contributed by atoms with Crippen molar-refractivity contribution in [3.05, 3.63) is 100 Å². The molecule has 6 rings (SSSR count). The number of nitrogens with two attached hydrogens (primary N) is 1. The van der Waals surface area contributed by atoms with Crippen LogP contribution in [0.15, 0.2) is 76.5 Å². The normalized spacial score (nSPS) is 12.5. The van der Waals surface area contributed by atoms with E-state index in [0.717, 1.165) is 29.8 Å². The molecule has 0 fully saturated rings. The number of nitrogens with one attached hydrogen (secondary N) is 1. The van der Waals surface area contributed by atoms with Gasteiger partial charge in [0.05, 0.1) is 25.1 Å². The van der Waals surface area contributed by atoms with Gasteiger partial charge in [0.1, 0.15) is 6.61 Å². The first-order chi connectivity index (χ1) is 21.5. The Kier molecular flexibility index (Phi) is 8.17. The van der Waals surface area contributed by atoms with Crippen LogP contribution in [-0.4, -0.2) is 50.6 Å². The Morgan fingerprint density at radius 3 is 2.75 bits per heavy atom. The predicted octanol–water partition coefficient (Wildman–Crippen LogP) is 3.85. The molecule has 13 nitrogen and oxygen atoms in total. The first-order valence-corrected chi connectivity index (χ1v) is 14.1. The van der Waals surface area contributed by atoms with Crippen LogP contribution in [0.2, 0.25) is 0 Å². The summed E-state index contributed by atoms with van der Waals surface area (Å²) in [6, 6.07) is 21.6. The SMILES string of the molecule is CCOc1cc(C=NNC(=O)c2nnn(-c3nonc3N)c2CN2CCc3ccccc32)ccc1OCc1ccccc1C. The number of aromatic nitrogens is 5. The van der Waals surface area contributed by atoms with Crippen LogP contribution in [0, 0.1) is 6.92 Å². The molecule has 3 N–H and O–H groups in total. The van der Waals surface area contributed by atoms with E-state index in [1.165, 1.54) is 16.5 Å². The number of benzene rings is 3. The number of para-hydroxylation sites is 1. The van der Waals surface area contributed by atoms with Gasteiger partial charge in [-0.25, -0.2) is 10.1 Å². The van der Waals surface area contributed by atoms with Crippen molar-refractivity contribution in [3.63, 3.8) is 0 Å². The van der Waals surface area contributed by atoms with Gasteiger partial charge in [-0.2, -0.15) is 9.78 Å². The number of carbonyl (C=O) groups excluding carboxylic acids is 1. The zero-order chi connectivity index (χ0) is 30.5. The minimum absolute atomic E-state index is 0.0272. The summed E-state index contributed by atoms with van der Waals surface area (Å²) >= 11 is 0. The quantitative estimate of drug-likeness (QED) is 0.170. The molecule has 3 aromatic carbocycles. The number of hydrogen-bond donors (Lipinski definition) is 2. The van der Waals surface area contributed by atoms with Crippen molar-refractivity contribution >= 4 is 23.6 Å². The second-order valence-corrected chi connectivity index (χ2v) is 10.1. The van der Waals surface area contributed by atoms with Crippen molar-refractivity contribution < 1.29 is 18.9 Å². The molecule has 0 spiro atoms. The third-order valence-electron chi connectivity index (χ3n) is 7.29. The summed E-state index contributed by atoms with van der Waals surface area (Å²) < 4.78 is 18.0. The van der Waals surface area contributed by atoms with Gasteiger partial charge in [0.15, 0.2) is 17.2 Å². The van der Waals surface area contributed by atoms with Gasteiger partial charge in [-0.3, -0.25) is 4.79 Å². The lowest BCUT2D eigenvalue weighted by atomic mass is 10.1. The van der Waals surface area contributed by atoms with Crippen molar-refractivity contribution in [1.29, 1.82) is 0 Å². The molecule has 2 aromatic heterocycles. The van der Waals surface area contributed by atoms with Gasteiger partial charge < -0.3 is 20.1 Å². The van der Waals surface area contributed by atoms with Crippen molar-refractivity contribution in [3.8, 4) is 17.3 Å². The maximum absolute atomic E-state index is 13.3. The second-order valence-electron chi connectivity index (χ2n) is 10.1. The Bertz CT molecular complexity index is 1810. The summed E-state index contributed by atoms with van der Waals surface area (Å²) in [5.74, 6) is 0.817. The molecule has 0 unspecified atom stereocenters. The molecule has 224 valence electrons. The number of nitrogens with zero attached hydrogens (tertiary/aromatic N) is 7. The number of rotatable bonds is 11. The van der Waals surface area contributed by atoms with E-state index in [1.54, 1.807) is 6.07 Å². The fourth-order valence-electron chi connectivity index (χ4n) is 5.02. The van der Waals surface area contributed by atoms with Gasteiger partial charge in [-0.05, 0) is 77.1 Å². The number of aryl methyl sites for hydroxylation is 1. The van der Waals surface area contributed by atoms with Crippen LogP contribution in [0.1, 0.15) is 45.4 Å². The number of anilines is 2. The zero-order valence-electron chi connectivity index (χ0n) is 24.3. The first kappa shape index (κ1) is 28.4. The number of fused-ring (bicyclic) bond motifs is 1. The Labute approximate surface area is 253 Å². The van der Waals surface area contributed by atoms with Crippen LogP contribution in [-0.2, 0) is 19.6 Å². The molecule has 1 amide bonds. The molecular formula is C31H31N9O4. The lowest BCUT2D eigenvalue weighted by molar-refractivity contribution is 0.0949. The van der Waals surface area contributed by atoms with Crippen molar-refractivity contribution in [2.75, 3.05) is 23.8 Å². The number of carbonyl (C=O) groups is 1. The van der Waals surface area contributed by atoms with Gasteiger partial charge >= 0.3 is 0 Å². The van der Waals surface area contributed by atoms with Crippen LogP contribution >= 0.6 is 0 Å². The summed E-state index contributed by atoms with van der Waals surface area (Å²) in [6.45, 7) is 5.92. The van der Waals surface area contributed by atoms with E-state index < -0.39 is 5.91 Å². The summed E-state index contributed by atoms with van der Waals surface area (Å²) in [4.78, 5) is 15.5. The lowest BCUT2D eigenvalue weighted by Gasteiger charge is -2.19. The van der Waals surface area contributed by atoms with Gasteiger partial charge in [0, 0.05) is 12.2 Å². The predicted molar refractivity (Wildman–Crippen MR) is 163 cm³/mol. The highest BCUT2D eigenvalue weighted by atomic mass is 16.6. The van der Waals surface area contributed by atoms with Crippen LogP contribution in [0.5, 0.6) is 11.5 Å². The minimum atomic E-state index is -0.548. The van der Waals surface area contributed by atoms with Crippen LogP contribution in [0.4, 0.5) is 11.5 Å². The molecule has 0 radical (unpaired) electrons. The number of amides is 1. The Hall–Kier alpha value is -5.72. The molecule has 0 saturated heterocycles. The lowest BCUT2D eigenvalue weighted by Crippen LogP contribution is -2.26. The van der Waals surface area contributed by atoms with Gasteiger partial charge in [0.2, 0.25) is 11.6 Å². The highest BCUT2D eigenvalue weighted by Gasteiger charge is 2.28. The van der Waals surface area contributed by atoms with Gasteiger partial charge in [-0.15, -0.1) is 5.10 Å². The van der Waals surface area contributed by atoms with E-state index >= 15 is 0 Å². The maximum Gasteiger partial charge on any atom is 0.293 e. The van der Waals surface area contributed by atoms with E-state index in [-0.39, 0.29) is 17.3 Å². The largest absolute Gasteiger partial charge is 0.490 e. The number of nitrogen functional groups attached to an aromatic ring is 1. The van der Waals surface area contributed by atoms with Gasteiger partial charge in [-0.1, -0.05) is 47.7 Å². The summed E-state index contributed by atoms with van der Waals surface area (Å²) in [5.41, 5.74) is 14.3. The monoisotopic (exact) mass is 593 g/mol. The molecule has 0 aliphatic carbocycles. The fourth-order valence-corrected chi connectivity index (χ4v) is 5.02. The second kappa shape index (κ2) is 12.7. The Morgan fingerprint density at radius 1 is 1.09 bits per heavy atom. The highest BCUT2D eigenvalue weighted by molar-refractivity contribution is 5.94. The minimum Gasteiger partial charge on any atom is -0.490 e. The third-order valence-corrected chi connectivity index (χ3v) is 7.29. The van der Waals surface area contributed by atoms with E-state index in [4.69, 9.17) is 19.8 Å². The Morgan fingerprint density at radius 2 is 1.93 bits per heavy atom. The van der Waals surface area contributed by atoms with Crippen molar-refractivity contribution in [2.24, 2.45) is 5.10 Å². The van der Waals surface area contributed by atoms with Crippen LogP contribution in [0.25, 0.3) is 5.82 Å². The van der Waals surface area contributed by atoms with Crippen molar-refractivity contribution in [2.45, 2.75) is 33.4 Å². The number of ether oxygens (including phenoxy) is 2. The van der Waals surface area contributed by atoms with Crippen molar-refractivity contribution in [1.82, 2.24) is 30.7 Å². The highest BCUT2D eigenvalue weighted by Crippen LogP contribution is 2.31. The average molecular weight is 594 g/mol. The van der Waals surface area contributed by atoms with Crippen LogP contribution < -0.4 is 25.5 Å². The molecule has 1 aliphatic heterocycles. The molecule has 13 heteroatoms. The molecule has 1 aliphatic rings. The number of hydrazone groups is 1. The maximum atomic E-state index is 13.3. The zero-order valence-corrected chi connectivity index (χ0v) is 24.3. The van der Waals surface area contributed by atoms with Crippen LogP contribution in [0.3, 0.4) is 0 Å². The summed E-state index contributed by atoms with van der Waals surface area (Å²) in [6.07, 6.45) is 2.41. The molecule has 0 atom stereocenters. The summed E-state index contributed by atoms with van der Waals surface area (Å²) in [5, 5.41) is 19.9. The van der Waals surface area contributed by atoms with E-state index in [9.17, 15) is 4.79 Å². The van der Waals surface area contributed by atoms with E-state index in [0.29, 0.717) is 42.5 Å². The molecule has 0 bridgehead atoms. The Balaban J connectivity index is 1.19. The topological polar surface area (TPSA) is 159 Å². The summed E-state index contributed by atoms with van der Waals surface area (Å²) in [7, 11) is 0. The molecule has 3 heterocycles. The van der Waals surface area contributed by atoms with E-state index in [1.807, 2.05) is 68.4 Å². The fraction of sp³-hybridized carbons (Fsp3) is 0.226. The standard InChI is InChI=1S/C31H31N9O4/c1-3-42-27-16-21(12-13-26(27)43-19-23-10-5-4-8-20(23)2)17-33-35-31(41)28-25(40(38-34-28)30-29(32)36-44-37-30)18-39-15-14-22-9-6-7-11-24(22)39/h4-13,16-17H,3,14-15,18-19H2,1-2H3,(H2,32,36)(H,35,41). The average Bonchev–Trinajstić information content (AvgIpc) is 3.76. The first-order valence-electron chi connectivity index (χ1n) is 14.1. The molecular weight excluding hydrogens is 562 g/mol. The van der Waals surface area contributed by atoms with E-state index in [2.05, 4.69) is 42.1 Å². The number of hydrogen-bond acceptors (Lipinski definition) is 11. The van der Waals surface area contributed by atoms with Gasteiger partial charge in [0.25, 0.3) is 5.91 Å². The smallest absolute Gasteiger partial charge is 0.293 e. The third kappa shape index (κ3) is 5.93. The molecule has 44 heavy (non-hydrogen) atoms.